The van der Waals surface area contributed by atoms with Crippen LogP contribution in [0.5, 0.6) is 0 Å². The molecule has 122 valence electrons. The Bertz CT molecular complexity index is 794. The quantitative estimate of drug-likeness (QED) is 0.847. The average molecular weight is 327 g/mol. The summed E-state index contributed by atoms with van der Waals surface area (Å²) in [6.07, 6.45) is -0.645. The first-order chi connectivity index (χ1) is 11.6. The van der Waals surface area contributed by atoms with E-state index in [0.717, 1.165) is 11.6 Å². The van der Waals surface area contributed by atoms with Crippen LogP contribution in [-0.2, 0) is 11.3 Å². The number of ether oxygens (including phenoxy) is 1. The number of carbonyl (C=O) groups is 2. The van der Waals surface area contributed by atoms with Gasteiger partial charge in [0.15, 0.2) is 5.82 Å². The van der Waals surface area contributed by atoms with Crippen molar-refractivity contribution in [3.63, 3.8) is 0 Å². The second-order valence-corrected chi connectivity index (χ2v) is 4.69. The summed E-state index contributed by atoms with van der Waals surface area (Å²) in [4.78, 5) is 22.3. The second kappa shape index (κ2) is 8.34. The van der Waals surface area contributed by atoms with E-state index in [0.29, 0.717) is 0 Å². The van der Waals surface area contributed by atoms with Crippen molar-refractivity contribution in [2.75, 3.05) is 6.54 Å². The highest BCUT2D eigenvalue weighted by Crippen LogP contribution is 2.11. The maximum Gasteiger partial charge on any atom is 0.408 e. The standard InChI is InChI=1S/C18H14FNO4/c19-16-14(8-4-10-15(16)17(21)22)9-5-11-20-18(23)24-12-13-6-2-1-3-7-13/h1-4,6-8,10H,11-12H2,(H,20,23)(H,21,22). The normalized spacial score (nSPS) is 9.54. The molecule has 0 saturated carbocycles. The van der Waals surface area contributed by atoms with E-state index in [1.54, 1.807) is 0 Å². The lowest BCUT2D eigenvalue weighted by Crippen LogP contribution is -2.24. The number of hydrogen-bond acceptors (Lipinski definition) is 3. The van der Waals surface area contributed by atoms with E-state index in [9.17, 15) is 14.0 Å². The van der Waals surface area contributed by atoms with Crippen molar-refractivity contribution in [1.29, 1.82) is 0 Å². The van der Waals surface area contributed by atoms with Crippen LogP contribution in [0.2, 0.25) is 0 Å². The van der Waals surface area contributed by atoms with E-state index >= 15 is 0 Å². The molecule has 0 unspecified atom stereocenters. The molecule has 0 radical (unpaired) electrons. The lowest BCUT2D eigenvalue weighted by Gasteiger charge is -2.04. The first kappa shape index (κ1) is 17.0. The van der Waals surface area contributed by atoms with E-state index < -0.39 is 23.4 Å². The summed E-state index contributed by atoms with van der Waals surface area (Å²) in [5.74, 6) is 2.76. The predicted octanol–water partition coefficient (Wildman–Crippen LogP) is 2.80. The van der Waals surface area contributed by atoms with Crippen LogP contribution in [-0.4, -0.2) is 23.7 Å². The molecule has 0 fully saturated rings. The van der Waals surface area contributed by atoms with Crippen molar-refractivity contribution < 1.29 is 23.8 Å². The molecule has 0 spiro atoms. The molecule has 0 heterocycles. The average Bonchev–Trinajstić information content (AvgIpc) is 2.58. The zero-order valence-corrected chi connectivity index (χ0v) is 12.6. The molecule has 2 N–H and O–H groups in total. The van der Waals surface area contributed by atoms with Gasteiger partial charge in [0, 0.05) is 0 Å². The predicted molar refractivity (Wildman–Crippen MR) is 84.9 cm³/mol. The Morgan fingerprint density at radius 3 is 2.58 bits per heavy atom. The number of alkyl carbamates (subject to hydrolysis) is 1. The Morgan fingerprint density at radius 2 is 1.88 bits per heavy atom. The highest BCUT2D eigenvalue weighted by molar-refractivity contribution is 5.88. The molecular weight excluding hydrogens is 313 g/mol. The Balaban J connectivity index is 1.84. The molecule has 0 aliphatic rings. The minimum Gasteiger partial charge on any atom is -0.478 e. The number of carboxylic acid groups (broad SMARTS) is 1. The maximum absolute atomic E-state index is 13.8. The Kier molecular flexibility index (Phi) is 5.92. The van der Waals surface area contributed by atoms with Crippen molar-refractivity contribution in [2.45, 2.75) is 6.61 Å². The van der Waals surface area contributed by atoms with Crippen LogP contribution in [0.1, 0.15) is 21.5 Å². The molecule has 6 heteroatoms. The molecule has 2 aromatic rings. The summed E-state index contributed by atoms with van der Waals surface area (Å²) in [6.45, 7) is 0.0831. The lowest BCUT2D eigenvalue weighted by atomic mass is 10.1. The molecule has 0 bridgehead atoms. The number of nitrogens with one attached hydrogen (secondary N) is 1. The molecule has 0 saturated heterocycles. The summed E-state index contributed by atoms with van der Waals surface area (Å²) in [5.41, 5.74) is 0.359. The van der Waals surface area contributed by atoms with Crippen molar-refractivity contribution in [2.24, 2.45) is 0 Å². The molecule has 0 aliphatic carbocycles. The van der Waals surface area contributed by atoms with Gasteiger partial charge in [-0.25, -0.2) is 14.0 Å². The zero-order chi connectivity index (χ0) is 17.4. The van der Waals surface area contributed by atoms with Gasteiger partial charge < -0.3 is 15.2 Å². The van der Waals surface area contributed by atoms with Crippen LogP contribution in [0.4, 0.5) is 9.18 Å². The second-order valence-electron chi connectivity index (χ2n) is 4.69. The molecule has 5 nitrogen and oxygen atoms in total. The Morgan fingerprint density at radius 1 is 1.12 bits per heavy atom. The molecule has 0 aromatic heterocycles. The van der Waals surface area contributed by atoms with Gasteiger partial charge >= 0.3 is 12.1 Å². The first-order valence-electron chi connectivity index (χ1n) is 7.03. The van der Waals surface area contributed by atoms with Gasteiger partial charge in [0.1, 0.15) is 6.61 Å². The number of carboxylic acids is 1. The lowest BCUT2D eigenvalue weighted by molar-refractivity contribution is 0.0691. The van der Waals surface area contributed by atoms with Crippen LogP contribution >= 0.6 is 0 Å². The van der Waals surface area contributed by atoms with Crippen molar-refractivity contribution in [3.8, 4) is 11.8 Å². The smallest absolute Gasteiger partial charge is 0.408 e. The third kappa shape index (κ3) is 4.85. The molecule has 1 amide bonds. The van der Waals surface area contributed by atoms with Crippen LogP contribution in [0, 0.1) is 17.7 Å². The summed E-state index contributed by atoms with van der Waals surface area (Å²) < 4.78 is 18.8. The molecule has 2 aromatic carbocycles. The van der Waals surface area contributed by atoms with Gasteiger partial charge in [-0.15, -0.1) is 0 Å². The van der Waals surface area contributed by atoms with E-state index in [1.807, 2.05) is 30.3 Å². The highest BCUT2D eigenvalue weighted by Gasteiger charge is 2.12. The SMILES string of the molecule is O=C(NCC#Cc1cccc(C(=O)O)c1F)OCc1ccccc1. The largest absolute Gasteiger partial charge is 0.478 e. The molecule has 0 atom stereocenters. The highest BCUT2D eigenvalue weighted by atomic mass is 19.1. The van der Waals surface area contributed by atoms with Gasteiger partial charge in [0.25, 0.3) is 0 Å². The van der Waals surface area contributed by atoms with Crippen molar-refractivity contribution >= 4 is 12.1 Å². The van der Waals surface area contributed by atoms with Crippen LogP contribution in [0.15, 0.2) is 48.5 Å². The Hall–Kier alpha value is -3.33. The third-order valence-corrected chi connectivity index (χ3v) is 2.99. The number of carbonyl (C=O) groups excluding carboxylic acids is 1. The summed E-state index contributed by atoms with van der Waals surface area (Å²) in [6, 6.07) is 13.1. The van der Waals surface area contributed by atoms with Crippen LogP contribution in [0.25, 0.3) is 0 Å². The van der Waals surface area contributed by atoms with E-state index in [-0.39, 0.29) is 18.7 Å². The van der Waals surface area contributed by atoms with Crippen molar-refractivity contribution in [1.82, 2.24) is 5.32 Å². The Labute approximate surface area is 138 Å². The number of aromatic carboxylic acids is 1. The molecular formula is C18H14FNO4. The fraction of sp³-hybridized carbons (Fsp3) is 0.111. The number of amides is 1. The monoisotopic (exact) mass is 327 g/mol. The molecule has 0 aliphatic heterocycles. The minimum atomic E-state index is -1.36. The van der Waals surface area contributed by atoms with Crippen LogP contribution in [0.3, 0.4) is 0 Å². The topological polar surface area (TPSA) is 75.6 Å². The van der Waals surface area contributed by atoms with Crippen molar-refractivity contribution in [3.05, 3.63) is 71.0 Å². The van der Waals surface area contributed by atoms with E-state index in [2.05, 4.69) is 17.2 Å². The van der Waals surface area contributed by atoms with Gasteiger partial charge in [0.2, 0.25) is 0 Å². The summed E-state index contributed by atoms with van der Waals surface area (Å²) >= 11 is 0. The number of benzene rings is 2. The van der Waals surface area contributed by atoms with Crippen LogP contribution < -0.4 is 5.32 Å². The van der Waals surface area contributed by atoms with Gasteiger partial charge in [-0.05, 0) is 17.7 Å². The van der Waals surface area contributed by atoms with Gasteiger partial charge in [-0.3, -0.25) is 0 Å². The maximum atomic E-state index is 13.8. The summed E-state index contributed by atoms with van der Waals surface area (Å²) in [5, 5.41) is 11.2. The third-order valence-electron chi connectivity index (χ3n) is 2.99. The summed E-state index contributed by atoms with van der Waals surface area (Å²) in [7, 11) is 0. The van der Waals surface area contributed by atoms with Gasteiger partial charge in [-0.2, -0.15) is 0 Å². The number of hydrogen-bond donors (Lipinski definition) is 2. The number of rotatable bonds is 4. The fourth-order valence-electron chi connectivity index (χ4n) is 1.82. The van der Waals surface area contributed by atoms with Gasteiger partial charge in [-0.1, -0.05) is 48.2 Å². The van der Waals surface area contributed by atoms with E-state index in [1.165, 1.54) is 12.1 Å². The minimum absolute atomic E-state index is 0.0469. The van der Waals surface area contributed by atoms with Gasteiger partial charge in [0.05, 0.1) is 17.7 Å². The fourth-order valence-corrected chi connectivity index (χ4v) is 1.82. The first-order valence-corrected chi connectivity index (χ1v) is 7.03. The number of halogens is 1. The molecule has 2 rings (SSSR count). The molecule has 24 heavy (non-hydrogen) atoms. The van der Waals surface area contributed by atoms with E-state index in [4.69, 9.17) is 9.84 Å². The zero-order valence-electron chi connectivity index (χ0n) is 12.6.